The number of hydrogen-bond donors (Lipinski definition) is 1. The van der Waals surface area contributed by atoms with Crippen LogP contribution in [0, 0.1) is 6.92 Å². The van der Waals surface area contributed by atoms with Crippen molar-refractivity contribution in [3.8, 4) is 0 Å². The largest absolute Gasteiger partial charge is 0.241 e. The molecule has 2 rings (SSSR count). The van der Waals surface area contributed by atoms with Crippen molar-refractivity contribution in [1.82, 2.24) is 4.72 Å². The van der Waals surface area contributed by atoms with Gasteiger partial charge in [-0.25, -0.2) is 13.1 Å². The van der Waals surface area contributed by atoms with Gasteiger partial charge in [0.1, 0.15) is 0 Å². The van der Waals surface area contributed by atoms with E-state index >= 15 is 0 Å². The number of sulfonamides is 1. The molecule has 20 heavy (non-hydrogen) atoms. The molecule has 0 aromatic heterocycles. The molecule has 0 aliphatic carbocycles. The van der Waals surface area contributed by atoms with Gasteiger partial charge >= 0.3 is 0 Å². The van der Waals surface area contributed by atoms with Crippen LogP contribution in [0.1, 0.15) is 11.1 Å². The minimum Gasteiger partial charge on any atom is -0.207 e. The Morgan fingerprint density at radius 1 is 1.10 bits per heavy atom. The van der Waals surface area contributed by atoms with Gasteiger partial charge < -0.3 is 0 Å². The van der Waals surface area contributed by atoms with Crippen LogP contribution in [0.3, 0.4) is 0 Å². The summed E-state index contributed by atoms with van der Waals surface area (Å²) in [5.41, 5.74) is 1.61. The minimum atomic E-state index is -3.53. The van der Waals surface area contributed by atoms with E-state index in [9.17, 15) is 8.42 Å². The molecule has 0 fully saturated rings. The molecule has 0 radical (unpaired) electrons. The highest BCUT2D eigenvalue weighted by molar-refractivity contribution is 9.10. The van der Waals surface area contributed by atoms with E-state index < -0.39 is 10.0 Å². The van der Waals surface area contributed by atoms with Gasteiger partial charge in [0.2, 0.25) is 10.0 Å². The first kappa shape index (κ1) is 15.7. The average molecular weight is 419 g/mol. The molecule has 0 aliphatic heterocycles. The lowest BCUT2D eigenvalue weighted by atomic mass is 10.2. The summed E-state index contributed by atoms with van der Waals surface area (Å²) < 4.78 is 28.9. The molecule has 2 aromatic carbocycles. The zero-order valence-electron chi connectivity index (χ0n) is 10.7. The van der Waals surface area contributed by atoms with E-state index in [1.165, 1.54) is 0 Å². The van der Waals surface area contributed by atoms with Gasteiger partial charge in [-0.2, -0.15) is 0 Å². The summed E-state index contributed by atoms with van der Waals surface area (Å²) in [5.74, 6) is 0. The van der Waals surface area contributed by atoms with Crippen molar-refractivity contribution in [3.05, 3.63) is 62.5 Å². The second-order valence-corrected chi connectivity index (χ2v) is 7.83. The van der Waals surface area contributed by atoms with E-state index in [2.05, 4.69) is 36.6 Å². The van der Waals surface area contributed by atoms with E-state index in [1.807, 2.05) is 30.3 Å². The fraction of sp³-hybridized carbons (Fsp3) is 0.143. The van der Waals surface area contributed by atoms with Crippen molar-refractivity contribution < 1.29 is 8.42 Å². The zero-order valence-corrected chi connectivity index (χ0v) is 14.7. The number of benzene rings is 2. The van der Waals surface area contributed by atoms with Crippen molar-refractivity contribution in [3.63, 3.8) is 0 Å². The third kappa shape index (κ3) is 3.69. The van der Waals surface area contributed by atoms with Crippen molar-refractivity contribution in [2.75, 3.05) is 0 Å². The molecule has 0 atom stereocenters. The smallest absolute Gasteiger partial charge is 0.207 e. The van der Waals surface area contributed by atoms with Crippen LogP contribution in [0.2, 0.25) is 0 Å². The topological polar surface area (TPSA) is 46.2 Å². The Bertz CT molecular complexity index is 730. The Balaban J connectivity index is 2.24. The maximum absolute atomic E-state index is 12.3. The van der Waals surface area contributed by atoms with E-state index in [1.54, 1.807) is 19.1 Å². The summed E-state index contributed by atoms with van der Waals surface area (Å²) in [5, 5.41) is 0. The number of hydrogen-bond acceptors (Lipinski definition) is 2. The SMILES string of the molecule is Cc1ccc(Br)cc1S(=O)(=O)NCc1ccccc1Br. The number of halogens is 2. The summed E-state index contributed by atoms with van der Waals surface area (Å²) >= 11 is 6.70. The zero-order chi connectivity index (χ0) is 14.8. The maximum Gasteiger partial charge on any atom is 0.241 e. The molecule has 6 heteroatoms. The predicted octanol–water partition coefficient (Wildman–Crippen LogP) is 4.00. The molecule has 0 saturated carbocycles. The Morgan fingerprint density at radius 3 is 2.50 bits per heavy atom. The molecule has 0 bridgehead atoms. The lowest BCUT2D eigenvalue weighted by Gasteiger charge is -2.10. The highest BCUT2D eigenvalue weighted by atomic mass is 79.9. The van der Waals surface area contributed by atoms with Crippen LogP contribution in [0.25, 0.3) is 0 Å². The summed E-state index contributed by atoms with van der Waals surface area (Å²) in [4.78, 5) is 0.291. The summed E-state index contributed by atoms with van der Waals surface area (Å²) in [6.45, 7) is 2.02. The molecular weight excluding hydrogens is 406 g/mol. The van der Waals surface area contributed by atoms with Gasteiger partial charge in [0.25, 0.3) is 0 Å². The number of rotatable bonds is 4. The van der Waals surface area contributed by atoms with Gasteiger partial charge in [-0.3, -0.25) is 0 Å². The molecule has 0 unspecified atom stereocenters. The van der Waals surface area contributed by atoms with Gasteiger partial charge in [0.05, 0.1) is 4.90 Å². The molecule has 0 saturated heterocycles. The first-order valence-electron chi connectivity index (χ1n) is 5.89. The van der Waals surface area contributed by atoms with Gasteiger partial charge in [0.15, 0.2) is 0 Å². The normalized spacial score (nSPS) is 11.6. The molecule has 0 amide bonds. The summed E-state index contributed by atoms with van der Waals surface area (Å²) in [7, 11) is -3.53. The van der Waals surface area contributed by atoms with Crippen LogP contribution < -0.4 is 4.72 Å². The van der Waals surface area contributed by atoms with Gasteiger partial charge in [-0.1, -0.05) is 56.1 Å². The fourth-order valence-corrected chi connectivity index (χ4v) is 3.97. The van der Waals surface area contributed by atoms with Crippen LogP contribution in [-0.2, 0) is 16.6 Å². The lowest BCUT2D eigenvalue weighted by Crippen LogP contribution is -2.24. The molecular formula is C14H13Br2NO2S. The van der Waals surface area contributed by atoms with E-state index in [0.717, 1.165) is 14.5 Å². The highest BCUT2D eigenvalue weighted by Gasteiger charge is 2.17. The van der Waals surface area contributed by atoms with Crippen molar-refractivity contribution >= 4 is 41.9 Å². The van der Waals surface area contributed by atoms with Crippen molar-refractivity contribution in [2.24, 2.45) is 0 Å². The number of aryl methyl sites for hydroxylation is 1. The first-order valence-corrected chi connectivity index (χ1v) is 8.96. The molecule has 0 spiro atoms. The Labute approximate surface area is 135 Å². The molecule has 106 valence electrons. The second-order valence-electron chi connectivity index (χ2n) is 4.33. The van der Waals surface area contributed by atoms with Crippen LogP contribution in [-0.4, -0.2) is 8.42 Å². The molecule has 0 heterocycles. The van der Waals surface area contributed by atoms with Gasteiger partial charge in [0, 0.05) is 15.5 Å². The first-order chi connectivity index (χ1) is 9.40. The van der Waals surface area contributed by atoms with Crippen LogP contribution in [0.4, 0.5) is 0 Å². The minimum absolute atomic E-state index is 0.246. The van der Waals surface area contributed by atoms with Gasteiger partial charge in [-0.15, -0.1) is 0 Å². The predicted molar refractivity (Wildman–Crippen MR) is 87.0 cm³/mol. The van der Waals surface area contributed by atoms with Crippen LogP contribution in [0.5, 0.6) is 0 Å². The third-order valence-electron chi connectivity index (χ3n) is 2.85. The molecule has 3 nitrogen and oxygen atoms in total. The van der Waals surface area contributed by atoms with Crippen molar-refractivity contribution in [1.29, 1.82) is 0 Å². The molecule has 2 aromatic rings. The average Bonchev–Trinajstić information content (AvgIpc) is 2.40. The van der Waals surface area contributed by atoms with Crippen LogP contribution >= 0.6 is 31.9 Å². The fourth-order valence-electron chi connectivity index (χ4n) is 1.76. The second kappa shape index (κ2) is 6.39. The van der Waals surface area contributed by atoms with Crippen molar-refractivity contribution in [2.45, 2.75) is 18.4 Å². The maximum atomic E-state index is 12.3. The Kier molecular flexibility index (Phi) is 5.01. The Hall–Kier alpha value is -0.690. The third-order valence-corrected chi connectivity index (χ3v) is 5.66. The summed E-state index contributed by atoms with van der Waals surface area (Å²) in [6.07, 6.45) is 0. The molecule has 0 aliphatic rings. The Morgan fingerprint density at radius 2 is 1.80 bits per heavy atom. The number of nitrogens with one attached hydrogen (secondary N) is 1. The quantitative estimate of drug-likeness (QED) is 0.815. The monoisotopic (exact) mass is 417 g/mol. The van der Waals surface area contributed by atoms with E-state index in [4.69, 9.17) is 0 Å². The highest BCUT2D eigenvalue weighted by Crippen LogP contribution is 2.21. The standard InChI is InChI=1S/C14H13Br2NO2S/c1-10-6-7-12(15)8-14(10)20(18,19)17-9-11-4-2-3-5-13(11)16/h2-8,17H,9H2,1H3. The van der Waals surface area contributed by atoms with Gasteiger partial charge in [-0.05, 0) is 36.2 Å². The molecule has 1 N–H and O–H groups in total. The summed E-state index contributed by atoms with van der Waals surface area (Å²) in [6, 6.07) is 12.7. The van der Waals surface area contributed by atoms with E-state index in [0.29, 0.717) is 10.5 Å². The van der Waals surface area contributed by atoms with E-state index in [-0.39, 0.29) is 6.54 Å². The van der Waals surface area contributed by atoms with Crippen LogP contribution in [0.15, 0.2) is 56.3 Å². The lowest BCUT2D eigenvalue weighted by molar-refractivity contribution is 0.580.